The van der Waals surface area contributed by atoms with Gasteiger partial charge in [0.1, 0.15) is 6.54 Å². The molecule has 0 radical (unpaired) electrons. The van der Waals surface area contributed by atoms with Crippen LogP contribution in [-0.4, -0.2) is 37.1 Å². The second kappa shape index (κ2) is 5.77. The predicted molar refractivity (Wildman–Crippen MR) is 71.4 cm³/mol. The van der Waals surface area contributed by atoms with Gasteiger partial charge in [-0.15, -0.1) is 10.2 Å². The highest BCUT2D eigenvalue weighted by Crippen LogP contribution is 2.17. The molecule has 0 aliphatic heterocycles. The van der Waals surface area contributed by atoms with Gasteiger partial charge in [0.25, 0.3) is 0 Å². The molecule has 7 nitrogen and oxygen atoms in total. The molecule has 1 saturated carbocycles. The van der Waals surface area contributed by atoms with Gasteiger partial charge in [0.2, 0.25) is 11.7 Å². The standard InChI is InChI=1S/C13H16N6O/c20-12(15-11-5-1-2-6-11)9-19-17-13(16-18-19)10-4-3-7-14-8-10/h3-4,7-8,11H,1-2,5-6,9H2,(H,15,20). The van der Waals surface area contributed by atoms with Crippen molar-refractivity contribution in [3.05, 3.63) is 24.5 Å². The molecule has 0 bridgehead atoms. The lowest BCUT2D eigenvalue weighted by atomic mass is 10.2. The van der Waals surface area contributed by atoms with Crippen LogP contribution in [0.15, 0.2) is 24.5 Å². The van der Waals surface area contributed by atoms with Crippen molar-refractivity contribution in [3.63, 3.8) is 0 Å². The Morgan fingerprint density at radius 1 is 1.40 bits per heavy atom. The fourth-order valence-electron chi connectivity index (χ4n) is 2.39. The Kier molecular flexibility index (Phi) is 3.67. The Hall–Kier alpha value is -2.31. The largest absolute Gasteiger partial charge is 0.352 e. The van der Waals surface area contributed by atoms with E-state index in [0.717, 1.165) is 18.4 Å². The van der Waals surface area contributed by atoms with Crippen molar-refractivity contribution in [3.8, 4) is 11.4 Å². The normalized spacial score (nSPS) is 15.4. The molecule has 3 rings (SSSR count). The van der Waals surface area contributed by atoms with E-state index in [0.29, 0.717) is 11.9 Å². The van der Waals surface area contributed by atoms with E-state index in [4.69, 9.17) is 0 Å². The third kappa shape index (κ3) is 2.98. The van der Waals surface area contributed by atoms with Gasteiger partial charge in [-0.05, 0) is 30.2 Å². The molecule has 0 unspecified atom stereocenters. The minimum absolute atomic E-state index is 0.0629. The molecule has 0 atom stereocenters. The van der Waals surface area contributed by atoms with Gasteiger partial charge in [-0.1, -0.05) is 12.8 Å². The van der Waals surface area contributed by atoms with E-state index in [2.05, 4.69) is 25.7 Å². The van der Waals surface area contributed by atoms with Crippen LogP contribution in [0.1, 0.15) is 25.7 Å². The first-order valence-electron chi connectivity index (χ1n) is 6.79. The Morgan fingerprint density at radius 3 is 3.00 bits per heavy atom. The molecule has 104 valence electrons. The van der Waals surface area contributed by atoms with Crippen molar-refractivity contribution >= 4 is 5.91 Å². The van der Waals surface area contributed by atoms with Crippen LogP contribution in [-0.2, 0) is 11.3 Å². The summed E-state index contributed by atoms with van der Waals surface area (Å²) in [5, 5.41) is 15.0. The van der Waals surface area contributed by atoms with Crippen molar-refractivity contribution in [2.75, 3.05) is 0 Å². The molecule has 0 saturated heterocycles. The number of carbonyl (C=O) groups excluding carboxylic acids is 1. The predicted octanol–water partition coefficient (Wildman–Crippen LogP) is 0.794. The minimum Gasteiger partial charge on any atom is -0.352 e. The van der Waals surface area contributed by atoms with Crippen LogP contribution >= 0.6 is 0 Å². The van der Waals surface area contributed by atoms with Crippen LogP contribution in [0.4, 0.5) is 0 Å². The number of amides is 1. The average Bonchev–Trinajstić information content (AvgIpc) is 3.11. The minimum atomic E-state index is -0.0629. The quantitative estimate of drug-likeness (QED) is 0.889. The number of hydrogen-bond donors (Lipinski definition) is 1. The molecule has 2 heterocycles. The Morgan fingerprint density at radius 2 is 2.25 bits per heavy atom. The number of rotatable bonds is 4. The number of pyridine rings is 1. The maximum atomic E-state index is 11.9. The van der Waals surface area contributed by atoms with Crippen molar-refractivity contribution in [2.24, 2.45) is 0 Å². The van der Waals surface area contributed by atoms with E-state index in [1.807, 2.05) is 12.1 Å². The lowest BCUT2D eigenvalue weighted by Crippen LogP contribution is -2.35. The molecule has 1 amide bonds. The Balaban J connectivity index is 1.61. The first-order chi connectivity index (χ1) is 9.81. The molecule has 1 aliphatic carbocycles. The maximum Gasteiger partial charge on any atom is 0.243 e. The summed E-state index contributed by atoms with van der Waals surface area (Å²) in [6, 6.07) is 3.97. The average molecular weight is 272 g/mol. The fourth-order valence-corrected chi connectivity index (χ4v) is 2.39. The Labute approximate surface area is 116 Å². The summed E-state index contributed by atoms with van der Waals surface area (Å²) in [6.07, 6.45) is 7.87. The number of carbonyl (C=O) groups is 1. The molecule has 1 N–H and O–H groups in total. The van der Waals surface area contributed by atoms with Crippen molar-refractivity contribution in [1.82, 2.24) is 30.5 Å². The van der Waals surface area contributed by atoms with Crippen molar-refractivity contribution in [2.45, 2.75) is 38.3 Å². The molecular weight excluding hydrogens is 256 g/mol. The van der Waals surface area contributed by atoms with Crippen molar-refractivity contribution in [1.29, 1.82) is 0 Å². The SMILES string of the molecule is O=C(Cn1nnc(-c2cccnc2)n1)NC1CCCC1. The summed E-state index contributed by atoms with van der Waals surface area (Å²) in [5.74, 6) is 0.416. The maximum absolute atomic E-state index is 11.9. The zero-order chi connectivity index (χ0) is 13.8. The molecule has 0 spiro atoms. The van der Waals surface area contributed by atoms with Gasteiger partial charge in [0, 0.05) is 24.0 Å². The van der Waals surface area contributed by atoms with Crippen LogP contribution in [0.2, 0.25) is 0 Å². The topological polar surface area (TPSA) is 85.6 Å². The van der Waals surface area contributed by atoms with Crippen LogP contribution < -0.4 is 5.32 Å². The lowest BCUT2D eigenvalue weighted by Gasteiger charge is -2.10. The smallest absolute Gasteiger partial charge is 0.243 e. The van der Waals surface area contributed by atoms with E-state index < -0.39 is 0 Å². The molecule has 20 heavy (non-hydrogen) atoms. The number of nitrogens with zero attached hydrogens (tertiary/aromatic N) is 5. The number of hydrogen-bond acceptors (Lipinski definition) is 5. The van der Waals surface area contributed by atoms with Gasteiger partial charge in [-0.2, -0.15) is 4.80 Å². The number of nitrogens with one attached hydrogen (secondary N) is 1. The highest BCUT2D eigenvalue weighted by atomic mass is 16.2. The van der Waals surface area contributed by atoms with E-state index >= 15 is 0 Å². The summed E-state index contributed by atoms with van der Waals surface area (Å²) < 4.78 is 0. The van der Waals surface area contributed by atoms with Gasteiger partial charge in [0.05, 0.1) is 0 Å². The highest BCUT2D eigenvalue weighted by Gasteiger charge is 2.17. The molecule has 1 fully saturated rings. The molecular formula is C13H16N6O. The van der Waals surface area contributed by atoms with E-state index in [-0.39, 0.29) is 12.5 Å². The molecule has 0 aromatic carbocycles. The number of aromatic nitrogens is 5. The zero-order valence-corrected chi connectivity index (χ0v) is 11.1. The summed E-state index contributed by atoms with van der Waals surface area (Å²) in [5.41, 5.74) is 0.787. The van der Waals surface area contributed by atoms with Crippen molar-refractivity contribution < 1.29 is 4.79 Å². The van der Waals surface area contributed by atoms with Crippen LogP contribution in [0, 0.1) is 0 Å². The molecule has 2 aromatic heterocycles. The summed E-state index contributed by atoms with van der Waals surface area (Å²) in [4.78, 5) is 17.2. The third-order valence-corrected chi connectivity index (χ3v) is 3.38. The lowest BCUT2D eigenvalue weighted by molar-refractivity contribution is -0.122. The zero-order valence-electron chi connectivity index (χ0n) is 11.1. The second-order valence-electron chi connectivity index (χ2n) is 4.93. The summed E-state index contributed by atoms with van der Waals surface area (Å²) in [7, 11) is 0. The molecule has 1 aliphatic rings. The van der Waals surface area contributed by atoms with Gasteiger partial charge in [-0.25, -0.2) is 0 Å². The third-order valence-electron chi connectivity index (χ3n) is 3.38. The van der Waals surface area contributed by atoms with Crippen LogP contribution in [0.25, 0.3) is 11.4 Å². The van der Waals surface area contributed by atoms with E-state index in [9.17, 15) is 4.79 Å². The van der Waals surface area contributed by atoms with Crippen LogP contribution in [0.3, 0.4) is 0 Å². The van der Waals surface area contributed by atoms with Gasteiger partial charge < -0.3 is 5.32 Å². The monoisotopic (exact) mass is 272 g/mol. The summed E-state index contributed by atoms with van der Waals surface area (Å²) >= 11 is 0. The second-order valence-corrected chi connectivity index (χ2v) is 4.93. The van der Waals surface area contributed by atoms with Gasteiger partial charge >= 0.3 is 0 Å². The first kappa shape index (κ1) is 12.7. The molecule has 7 heteroatoms. The van der Waals surface area contributed by atoms with E-state index in [1.54, 1.807) is 12.4 Å². The fraction of sp³-hybridized carbons (Fsp3) is 0.462. The molecule has 2 aromatic rings. The Bertz CT molecular complexity index is 576. The highest BCUT2D eigenvalue weighted by molar-refractivity contribution is 5.75. The van der Waals surface area contributed by atoms with Crippen LogP contribution in [0.5, 0.6) is 0 Å². The number of tetrazole rings is 1. The van der Waals surface area contributed by atoms with E-state index in [1.165, 1.54) is 17.6 Å². The van der Waals surface area contributed by atoms with Gasteiger partial charge in [0.15, 0.2) is 0 Å². The summed E-state index contributed by atoms with van der Waals surface area (Å²) in [6.45, 7) is 0.101. The first-order valence-corrected chi connectivity index (χ1v) is 6.79. The van der Waals surface area contributed by atoms with Gasteiger partial charge in [-0.3, -0.25) is 9.78 Å².